The molecule has 2 aromatic rings. The van der Waals surface area contributed by atoms with Crippen molar-refractivity contribution >= 4 is 57.3 Å². The number of methoxy groups -OCH3 is 2. The number of benzene rings is 2. The highest BCUT2D eigenvalue weighted by molar-refractivity contribution is 8.77. The number of aromatic hydroxyl groups is 1. The van der Waals surface area contributed by atoms with Crippen molar-refractivity contribution in [2.45, 2.75) is 43.8 Å². The lowest BCUT2D eigenvalue weighted by Gasteiger charge is -2.11. The van der Waals surface area contributed by atoms with Crippen LogP contribution in [-0.2, 0) is 14.4 Å². The lowest BCUT2D eigenvalue weighted by Crippen LogP contribution is -2.37. The summed E-state index contributed by atoms with van der Waals surface area (Å²) in [6.07, 6.45) is 9.73. The summed E-state index contributed by atoms with van der Waals surface area (Å²) in [6, 6.07) is 9.46. The summed E-state index contributed by atoms with van der Waals surface area (Å²) in [6.45, 7) is 1.93. The Balaban J connectivity index is 1.30. The number of hydrogen-bond acceptors (Lipinski definition) is 11. The van der Waals surface area contributed by atoms with Crippen LogP contribution in [0.25, 0.3) is 12.2 Å². The van der Waals surface area contributed by atoms with E-state index in [9.17, 15) is 24.3 Å². The number of allylic oxidation sites excluding steroid dienone is 2. The normalized spacial score (nSPS) is 14.3. The summed E-state index contributed by atoms with van der Waals surface area (Å²) in [5.41, 5.74) is 1.25. The number of phenols is 1. The molecule has 13 heteroatoms. The van der Waals surface area contributed by atoms with Gasteiger partial charge in [-0.25, -0.2) is 4.79 Å². The molecule has 1 saturated heterocycles. The van der Waals surface area contributed by atoms with Gasteiger partial charge >= 0.3 is 6.09 Å². The summed E-state index contributed by atoms with van der Waals surface area (Å²) < 4.78 is 15.8. The second-order valence-corrected chi connectivity index (χ2v) is 13.4. The van der Waals surface area contributed by atoms with E-state index >= 15 is 0 Å². The van der Waals surface area contributed by atoms with Crippen LogP contribution in [0.4, 0.5) is 4.79 Å². The molecule has 3 rings (SSSR count). The molecule has 0 aromatic heterocycles. The van der Waals surface area contributed by atoms with Crippen molar-refractivity contribution in [2.75, 3.05) is 46.2 Å². The first-order chi connectivity index (χ1) is 22.8. The predicted molar refractivity (Wildman–Crippen MR) is 187 cm³/mol. The van der Waals surface area contributed by atoms with Gasteiger partial charge in [0.25, 0.3) is 0 Å². The second kappa shape index (κ2) is 21.0. The van der Waals surface area contributed by atoms with E-state index in [1.165, 1.54) is 57.1 Å². The Morgan fingerprint density at radius 3 is 2.17 bits per heavy atom. The quantitative estimate of drug-likeness (QED) is 0.0632. The van der Waals surface area contributed by atoms with Crippen LogP contribution in [0, 0.1) is 0 Å². The minimum Gasteiger partial charge on any atom is -0.504 e. The Bertz CT molecular complexity index is 1410. The predicted octanol–water partition coefficient (Wildman–Crippen LogP) is 5.17. The van der Waals surface area contributed by atoms with Gasteiger partial charge in [0.2, 0.25) is 5.91 Å². The minimum absolute atomic E-state index is 0.0111. The van der Waals surface area contributed by atoms with E-state index in [2.05, 4.69) is 16.0 Å². The van der Waals surface area contributed by atoms with Gasteiger partial charge in [0.05, 0.1) is 20.6 Å². The van der Waals surface area contributed by atoms with Gasteiger partial charge in [0, 0.05) is 43.6 Å². The molecule has 2 aromatic carbocycles. The molecule has 11 nitrogen and oxygen atoms in total. The van der Waals surface area contributed by atoms with Crippen LogP contribution in [0.15, 0.2) is 48.6 Å². The molecule has 1 atom stereocenters. The van der Waals surface area contributed by atoms with Gasteiger partial charge in [0.1, 0.15) is 0 Å². The van der Waals surface area contributed by atoms with Crippen molar-refractivity contribution in [3.63, 3.8) is 0 Å². The third kappa shape index (κ3) is 14.6. The van der Waals surface area contributed by atoms with Gasteiger partial charge in [-0.1, -0.05) is 52.3 Å². The highest BCUT2D eigenvalue weighted by Crippen LogP contribution is 2.39. The molecule has 1 aliphatic rings. The van der Waals surface area contributed by atoms with Gasteiger partial charge < -0.3 is 35.3 Å². The molecule has 4 N–H and O–H groups in total. The number of carbonyl (C=O) groups excluding carboxylic acids is 4. The maximum atomic E-state index is 12.3. The third-order valence-corrected chi connectivity index (χ3v) is 9.97. The smallest absolute Gasteiger partial charge is 0.412 e. The zero-order valence-electron chi connectivity index (χ0n) is 26.8. The van der Waals surface area contributed by atoms with Crippen molar-refractivity contribution in [1.82, 2.24) is 16.0 Å². The van der Waals surface area contributed by atoms with E-state index in [1.807, 2.05) is 21.6 Å². The highest BCUT2D eigenvalue weighted by Gasteiger charge is 2.16. The Labute approximate surface area is 283 Å². The van der Waals surface area contributed by atoms with Gasteiger partial charge in [-0.15, -0.1) is 0 Å². The van der Waals surface area contributed by atoms with E-state index in [4.69, 9.17) is 14.2 Å². The van der Waals surface area contributed by atoms with Crippen molar-refractivity contribution < 1.29 is 38.5 Å². The molecule has 0 aliphatic carbocycles. The van der Waals surface area contributed by atoms with Crippen LogP contribution in [0.5, 0.6) is 23.0 Å². The molecule has 1 aliphatic heterocycles. The average Bonchev–Trinajstić information content (AvgIpc) is 3.59. The van der Waals surface area contributed by atoms with Gasteiger partial charge in [-0.2, -0.15) is 0 Å². The number of amides is 2. The highest BCUT2D eigenvalue weighted by atomic mass is 33.1. The van der Waals surface area contributed by atoms with Gasteiger partial charge in [0.15, 0.2) is 34.6 Å². The molecule has 1 unspecified atom stereocenters. The summed E-state index contributed by atoms with van der Waals surface area (Å²) in [5, 5.41) is 19.1. The number of carbonyl (C=O) groups is 4. The number of unbranched alkanes of at least 4 members (excludes halogenated alkanes) is 1. The first-order valence-corrected chi connectivity index (χ1v) is 17.8. The van der Waals surface area contributed by atoms with Gasteiger partial charge in [-0.3, -0.25) is 14.4 Å². The number of ketones is 2. The van der Waals surface area contributed by atoms with Crippen LogP contribution in [-0.4, -0.2) is 80.1 Å². The molecule has 2 amide bonds. The Morgan fingerprint density at radius 1 is 0.851 bits per heavy atom. The molecule has 254 valence electrons. The molecule has 0 saturated carbocycles. The van der Waals surface area contributed by atoms with Crippen molar-refractivity contribution in [2.24, 2.45) is 0 Å². The van der Waals surface area contributed by atoms with Gasteiger partial charge in [-0.05, 0) is 66.8 Å². The molecule has 0 bridgehead atoms. The number of nitrogens with one attached hydrogen (secondary N) is 3. The van der Waals surface area contributed by atoms with Crippen LogP contribution in [0.2, 0.25) is 0 Å². The molecular formula is C34H43N3O8S2. The van der Waals surface area contributed by atoms with E-state index in [0.29, 0.717) is 49.5 Å². The van der Waals surface area contributed by atoms with E-state index in [0.717, 1.165) is 18.1 Å². The fourth-order valence-corrected chi connectivity index (χ4v) is 7.48. The Kier molecular flexibility index (Phi) is 16.8. The summed E-state index contributed by atoms with van der Waals surface area (Å²) in [7, 11) is 6.78. The summed E-state index contributed by atoms with van der Waals surface area (Å²) in [4.78, 5) is 48.8. The lowest BCUT2D eigenvalue weighted by molar-refractivity contribution is -0.122. The van der Waals surface area contributed by atoms with Crippen molar-refractivity contribution in [1.29, 1.82) is 0 Å². The zero-order valence-corrected chi connectivity index (χ0v) is 28.4. The molecule has 0 spiro atoms. The average molecular weight is 686 g/mol. The van der Waals surface area contributed by atoms with Crippen molar-refractivity contribution in [3.8, 4) is 23.0 Å². The number of phenolic OH excluding ortho intramolecular Hbond substituents is 1. The molecule has 0 radical (unpaired) electrons. The SMILES string of the molecule is COc1cc(C=CC(=O)CC(=O)C=Cc2ccc(OC(=O)NCCNCCNC(=O)CCCCC3CCSS3)c(OC)c2)ccc1O. The Hall–Kier alpha value is -3.94. The largest absolute Gasteiger partial charge is 0.504 e. The fourth-order valence-electron chi connectivity index (χ4n) is 4.45. The Morgan fingerprint density at radius 2 is 1.51 bits per heavy atom. The van der Waals surface area contributed by atoms with E-state index in [-0.39, 0.29) is 41.1 Å². The molecule has 1 heterocycles. The minimum atomic E-state index is -0.649. The van der Waals surface area contributed by atoms with Crippen LogP contribution < -0.4 is 30.2 Å². The third-order valence-electron chi connectivity index (χ3n) is 6.97. The number of hydrogen-bond donors (Lipinski definition) is 4. The topological polar surface area (TPSA) is 152 Å². The summed E-state index contributed by atoms with van der Waals surface area (Å²) in [5.74, 6) is 1.30. The summed E-state index contributed by atoms with van der Waals surface area (Å²) >= 11 is 0. The van der Waals surface area contributed by atoms with Crippen LogP contribution in [0.3, 0.4) is 0 Å². The monoisotopic (exact) mass is 685 g/mol. The molecule has 47 heavy (non-hydrogen) atoms. The second-order valence-electron chi connectivity index (χ2n) is 10.6. The van der Waals surface area contributed by atoms with Crippen molar-refractivity contribution in [3.05, 3.63) is 59.7 Å². The first-order valence-electron chi connectivity index (χ1n) is 15.5. The zero-order chi connectivity index (χ0) is 33.9. The van der Waals surface area contributed by atoms with Crippen LogP contribution >= 0.6 is 21.6 Å². The maximum Gasteiger partial charge on any atom is 0.412 e. The molecular weight excluding hydrogens is 643 g/mol. The first kappa shape index (κ1) is 37.5. The fraction of sp³-hybridized carbons (Fsp3) is 0.412. The number of ether oxygens (including phenoxy) is 3. The number of rotatable bonds is 20. The lowest BCUT2D eigenvalue weighted by atomic mass is 10.1. The van der Waals surface area contributed by atoms with E-state index in [1.54, 1.807) is 36.4 Å². The van der Waals surface area contributed by atoms with E-state index < -0.39 is 6.09 Å². The molecule has 1 fully saturated rings. The van der Waals surface area contributed by atoms with Crippen LogP contribution in [0.1, 0.15) is 49.7 Å². The standard InChI is InChI=1S/C34H43N3O8S2/c1-43-31-21-24(9-13-29(31)40)7-11-26(38)23-27(39)12-8-25-10-14-30(32(22-25)44-2)45-34(42)37-19-17-35-16-18-36-33(41)6-4-3-5-28-15-20-46-47-28/h7-14,21-22,28,35,40H,3-6,15-20,23H2,1-2H3,(H,36,41)(H,37,42). The maximum absolute atomic E-state index is 12.3.